The number of nitrogens with one attached hydrogen (secondary N) is 2. The van der Waals surface area contributed by atoms with Gasteiger partial charge >= 0.3 is 0 Å². The highest BCUT2D eigenvalue weighted by atomic mass is 19.1. The number of nitriles is 1. The van der Waals surface area contributed by atoms with E-state index < -0.39 is 11.7 Å². The molecule has 4 N–H and O–H groups in total. The molecule has 0 spiro atoms. The lowest BCUT2D eigenvalue weighted by atomic mass is 9.98. The minimum atomic E-state index is -0.493. The van der Waals surface area contributed by atoms with Crippen molar-refractivity contribution in [3.05, 3.63) is 24.0 Å². The lowest BCUT2D eigenvalue weighted by molar-refractivity contribution is 0.149. The van der Waals surface area contributed by atoms with Crippen LogP contribution in [0.3, 0.4) is 0 Å². The Morgan fingerprint density at radius 1 is 1.41 bits per heavy atom. The smallest absolute Gasteiger partial charge is 0.201 e. The maximum absolute atomic E-state index is 14.0. The summed E-state index contributed by atoms with van der Waals surface area (Å²) in [5.41, 5.74) is 7.80. The molecule has 2 rings (SSSR count). The molecular weight excluding hydrogens is 285 g/mol. The van der Waals surface area contributed by atoms with Crippen molar-refractivity contribution in [2.24, 2.45) is 10.8 Å². The SMILES string of the molecule is N#C/C(=N\Nc1cccc(F)c1OC1CCCCC1)C(=N)N. The van der Waals surface area contributed by atoms with E-state index in [1.807, 2.05) is 0 Å². The van der Waals surface area contributed by atoms with Gasteiger partial charge in [0.15, 0.2) is 17.4 Å². The Morgan fingerprint density at radius 3 is 2.77 bits per heavy atom. The molecule has 1 aliphatic carbocycles. The van der Waals surface area contributed by atoms with E-state index in [0.29, 0.717) is 5.69 Å². The van der Waals surface area contributed by atoms with Gasteiger partial charge in [-0.05, 0) is 37.8 Å². The van der Waals surface area contributed by atoms with Gasteiger partial charge in [-0.2, -0.15) is 10.4 Å². The molecule has 1 aliphatic rings. The lowest BCUT2D eigenvalue weighted by Crippen LogP contribution is -2.22. The fourth-order valence-corrected chi connectivity index (χ4v) is 2.33. The van der Waals surface area contributed by atoms with Crippen LogP contribution < -0.4 is 15.9 Å². The van der Waals surface area contributed by atoms with E-state index in [0.717, 1.165) is 25.7 Å². The number of para-hydroxylation sites is 1. The second kappa shape index (κ2) is 7.41. The quantitative estimate of drug-likeness (QED) is 0.441. The molecule has 0 atom stereocenters. The van der Waals surface area contributed by atoms with E-state index >= 15 is 0 Å². The molecule has 0 aromatic heterocycles. The first-order valence-corrected chi connectivity index (χ1v) is 7.15. The van der Waals surface area contributed by atoms with Crippen LogP contribution in [0.25, 0.3) is 0 Å². The summed E-state index contributed by atoms with van der Waals surface area (Å²) in [5, 5.41) is 19.7. The predicted molar refractivity (Wildman–Crippen MR) is 82.5 cm³/mol. The van der Waals surface area contributed by atoms with E-state index in [4.69, 9.17) is 21.1 Å². The Balaban J connectivity index is 2.19. The van der Waals surface area contributed by atoms with Crippen LogP contribution in [-0.4, -0.2) is 17.7 Å². The number of halogens is 1. The van der Waals surface area contributed by atoms with E-state index in [1.165, 1.54) is 18.6 Å². The summed E-state index contributed by atoms with van der Waals surface area (Å²) in [6, 6.07) is 6.11. The Hall–Kier alpha value is -2.62. The Morgan fingerprint density at radius 2 is 2.14 bits per heavy atom. The Kier molecular flexibility index (Phi) is 5.31. The second-order valence-electron chi connectivity index (χ2n) is 5.09. The van der Waals surface area contributed by atoms with E-state index in [1.54, 1.807) is 12.1 Å². The van der Waals surface area contributed by atoms with Crippen molar-refractivity contribution in [1.29, 1.82) is 10.7 Å². The first-order chi connectivity index (χ1) is 10.6. The number of benzene rings is 1. The lowest BCUT2D eigenvalue weighted by Gasteiger charge is -2.24. The predicted octanol–water partition coefficient (Wildman–Crippen LogP) is 2.76. The molecule has 0 heterocycles. The summed E-state index contributed by atoms with van der Waals surface area (Å²) < 4.78 is 19.8. The van der Waals surface area contributed by atoms with Crippen LogP contribution in [0.4, 0.5) is 10.1 Å². The highest BCUT2D eigenvalue weighted by molar-refractivity contribution is 6.45. The van der Waals surface area contributed by atoms with Gasteiger partial charge in [0.05, 0.1) is 6.10 Å². The zero-order chi connectivity index (χ0) is 15.9. The van der Waals surface area contributed by atoms with Gasteiger partial charge in [0, 0.05) is 0 Å². The van der Waals surface area contributed by atoms with Crippen LogP contribution in [0.5, 0.6) is 5.75 Å². The van der Waals surface area contributed by atoms with Crippen molar-refractivity contribution in [3.8, 4) is 11.8 Å². The third kappa shape index (κ3) is 3.95. The molecule has 6 nitrogen and oxygen atoms in total. The third-order valence-corrected chi connectivity index (χ3v) is 3.45. The van der Waals surface area contributed by atoms with Crippen LogP contribution in [0.15, 0.2) is 23.3 Å². The summed E-state index contributed by atoms with van der Waals surface area (Å²) in [5.74, 6) is -0.868. The molecule has 1 saturated carbocycles. The molecule has 0 bridgehead atoms. The fraction of sp³-hybridized carbons (Fsp3) is 0.400. The summed E-state index contributed by atoms with van der Waals surface area (Å²) >= 11 is 0. The minimum Gasteiger partial charge on any atom is -0.485 e. The molecule has 0 saturated heterocycles. The van der Waals surface area contributed by atoms with Crippen LogP contribution in [-0.2, 0) is 0 Å². The largest absolute Gasteiger partial charge is 0.485 e. The standard InChI is InChI=1S/C15H18FN5O/c16-11-7-4-8-12(20-21-13(9-17)15(18)19)14(11)22-10-5-2-1-3-6-10/h4,7-8,10,20H,1-3,5-6H2,(H3,18,19)/b21-13+. The van der Waals surface area contributed by atoms with Crippen molar-refractivity contribution < 1.29 is 9.13 Å². The number of nitrogens with two attached hydrogens (primary N) is 1. The van der Waals surface area contributed by atoms with Gasteiger partial charge < -0.3 is 10.5 Å². The number of hydrazone groups is 1. The first-order valence-electron chi connectivity index (χ1n) is 7.15. The molecule has 0 amide bonds. The van der Waals surface area contributed by atoms with E-state index in [9.17, 15) is 4.39 Å². The van der Waals surface area contributed by atoms with Gasteiger partial charge in [0.25, 0.3) is 0 Å². The third-order valence-electron chi connectivity index (χ3n) is 3.45. The Bertz CT molecular complexity index is 617. The summed E-state index contributed by atoms with van der Waals surface area (Å²) in [4.78, 5) is 0. The number of nitrogens with zero attached hydrogens (tertiary/aromatic N) is 2. The van der Waals surface area contributed by atoms with Gasteiger partial charge in [-0.1, -0.05) is 12.5 Å². The Labute approximate surface area is 128 Å². The number of hydrogen-bond donors (Lipinski definition) is 3. The molecule has 116 valence electrons. The summed E-state index contributed by atoms with van der Waals surface area (Å²) in [7, 11) is 0. The van der Waals surface area contributed by atoms with Crippen molar-refractivity contribution >= 4 is 17.2 Å². The van der Waals surface area contributed by atoms with E-state index in [-0.39, 0.29) is 17.6 Å². The number of amidine groups is 1. The minimum absolute atomic E-state index is 0.0153. The zero-order valence-electron chi connectivity index (χ0n) is 12.1. The molecule has 0 radical (unpaired) electrons. The maximum Gasteiger partial charge on any atom is 0.201 e. The van der Waals surface area contributed by atoms with Crippen molar-refractivity contribution in [3.63, 3.8) is 0 Å². The van der Waals surface area contributed by atoms with Gasteiger partial charge in [0.2, 0.25) is 5.71 Å². The van der Waals surface area contributed by atoms with Crippen LogP contribution in [0.2, 0.25) is 0 Å². The van der Waals surface area contributed by atoms with E-state index in [2.05, 4.69) is 10.5 Å². The zero-order valence-corrected chi connectivity index (χ0v) is 12.1. The summed E-state index contributed by atoms with van der Waals surface area (Å²) in [6.07, 6.45) is 5.10. The monoisotopic (exact) mass is 303 g/mol. The van der Waals surface area contributed by atoms with Crippen molar-refractivity contribution in [2.45, 2.75) is 38.2 Å². The van der Waals surface area contributed by atoms with Gasteiger partial charge in [-0.25, -0.2) is 4.39 Å². The molecule has 22 heavy (non-hydrogen) atoms. The second-order valence-corrected chi connectivity index (χ2v) is 5.09. The van der Waals surface area contributed by atoms with Gasteiger partial charge in [-0.15, -0.1) is 0 Å². The van der Waals surface area contributed by atoms with Gasteiger partial charge in [-0.3, -0.25) is 10.8 Å². The number of ether oxygens (including phenoxy) is 1. The first kappa shape index (κ1) is 15.8. The van der Waals surface area contributed by atoms with Crippen LogP contribution in [0, 0.1) is 22.6 Å². The molecule has 7 heteroatoms. The van der Waals surface area contributed by atoms with Crippen LogP contribution >= 0.6 is 0 Å². The molecule has 1 aromatic rings. The number of rotatable bonds is 5. The average Bonchev–Trinajstić information content (AvgIpc) is 2.51. The highest BCUT2D eigenvalue weighted by Gasteiger charge is 2.19. The number of hydrogen-bond acceptors (Lipinski definition) is 5. The molecular formula is C15H18FN5O. The van der Waals surface area contributed by atoms with Crippen LogP contribution in [0.1, 0.15) is 32.1 Å². The van der Waals surface area contributed by atoms with Crippen molar-refractivity contribution in [2.75, 3.05) is 5.43 Å². The normalized spacial score (nSPS) is 15.9. The maximum atomic E-state index is 14.0. The average molecular weight is 303 g/mol. The molecule has 1 aromatic carbocycles. The molecule has 0 aliphatic heterocycles. The van der Waals surface area contributed by atoms with Crippen molar-refractivity contribution in [1.82, 2.24) is 0 Å². The molecule has 1 fully saturated rings. The topological polar surface area (TPSA) is 107 Å². The molecule has 0 unspecified atom stereocenters. The fourth-order valence-electron chi connectivity index (χ4n) is 2.33. The van der Waals surface area contributed by atoms with Gasteiger partial charge in [0.1, 0.15) is 11.8 Å². The highest BCUT2D eigenvalue weighted by Crippen LogP contribution is 2.31. The summed E-state index contributed by atoms with van der Waals surface area (Å²) in [6.45, 7) is 0. The number of anilines is 1.